The predicted molar refractivity (Wildman–Crippen MR) is 156 cm³/mol. The van der Waals surface area contributed by atoms with Gasteiger partial charge in [-0.2, -0.15) is 5.10 Å². The fourth-order valence-corrected chi connectivity index (χ4v) is 4.34. The molecule has 212 valence electrons. The second kappa shape index (κ2) is 14.0. The van der Waals surface area contributed by atoms with Crippen molar-refractivity contribution in [3.05, 3.63) is 107 Å². The van der Waals surface area contributed by atoms with Crippen molar-refractivity contribution in [3.8, 4) is 11.5 Å². The highest BCUT2D eigenvalue weighted by Crippen LogP contribution is 2.33. The summed E-state index contributed by atoms with van der Waals surface area (Å²) in [6, 6.07) is 19.8. The van der Waals surface area contributed by atoms with Gasteiger partial charge in [-0.05, 0) is 55.9 Å². The molecule has 1 heterocycles. The van der Waals surface area contributed by atoms with Gasteiger partial charge in [0.25, 0.3) is 5.91 Å². The summed E-state index contributed by atoms with van der Waals surface area (Å²) in [6.45, 7) is 3.45. The normalized spacial score (nSPS) is 14.7. The van der Waals surface area contributed by atoms with E-state index in [1.807, 2.05) is 0 Å². The van der Waals surface area contributed by atoms with E-state index < -0.39 is 17.9 Å². The summed E-state index contributed by atoms with van der Waals surface area (Å²) in [5.41, 5.74) is 5.10. The zero-order valence-corrected chi connectivity index (χ0v) is 23.3. The maximum absolute atomic E-state index is 13.8. The Balaban J connectivity index is 1.36. The van der Waals surface area contributed by atoms with E-state index in [2.05, 4.69) is 21.2 Å². The Morgan fingerprint density at radius 3 is 2.66 bits per heavy atom. The molecule has 0 unspecified atom stereocenters. The molecule has 0 spiro atoms. The number of rotatable bonds is 11. The first-order valence-corrected chi connectivity index (χ1v) is 13.2. The van der Waals surface area contributed by atoms with Crippen molar-refractivity contribution >= 4 is 35.4 Å². The number of hydrazone groups is 1. The quantitative estimate of drug-likeness (QED) is 0.134. The van der Waals surface area contributed by atoms with Gasteiger partial charge in [-0.15, -0.1) is 0 Å². The predicted octanol–water partition coefficient (Wildman–Crippen LogP) is 4.29. The summed E-state index contributed by atoms with van der Waals surface area (Å²) in [5, 5.41) is 10.4. The van der Waals surface area contributed by atoms with Crippen molar-refractivity contribution < 1.29 is 28.2 Å². The molecule has 0 aliphatic carbocycles. The molecule has 0 saturated carbocycles. The molecule has 0 bridgehead atoms. The number of carbonyl (C=O) groups is 2. The monoisotopic (exact) mass is 576 g/mol. The minimum atomic E-state index is -0.632. The molecule has 0 aromatic heterocycles. The Hall–Kier alpha value is -4.77. The van der Waals surface area contributed by atoms with E-state index in [4.69, 9.17) is 26.4 Å². The summed E-state index contributed by atoms with van der Waals surface area (Å²) in [5.74, 6) is -0.390. The first kappa shape index (κ1) is 29.2. The number of halogens is 1. The van der Waals surface area contributed by atoms with E-state index in [0.29, 0.717) is 44.6 Å². The molecule has 3 aromatic carbocycles. The van der Waals surface area contributed by atoms with Crippen LogP contribution in [0.5, 0.6) is 11.5 Å². The highest BCUT2D eigenvalue weighted by atomic mass is 32.1. The number of carbonyl (C=O) groups excluding carboxylic acids is 2. The number of benzene rings is 3. The molecule has 0 radical (unpaired) electrons. The number of nitrogens with one attached hydrogen (secondary N) is 3. The number of amides is 1. The largest absolute Gasteiger partial charge is 0.489 e. The summed E-state index contributed by atoms with van der Waals surface area (Å²) >= 11 is 5.30. The maximum atomic E-state index is 13.8. The second-order valence-electron chi connectivity index (χ2n) is 8.86. The molecule has 1 amide bonds. The van der Waals surface area contributed by atoms with Gasteiger partial charge in [0.15, 0.2) is 11.7 Å². The average molecular weight is 577 g/mol. The van der Waals surface area contributed by atoms with Gasteiger partial charge in [0.1, 0.15) is 23.9 Å². The van der Waals surface area contributed by atoms with Gasteiger partial charge >= 0.3 is 5.97 Å². The zero-order chi connectivity index (χ0) is 29.2. The number of esters is 1. The van der Waals surface area contributed by atoms with Crippen molar-refractivity contribution in [1.82, 2.24) is 16.1 Å². The molecule has 41 heavy (non-hydrogen) atoms. The molecule has 0 fully saturated rings. The Bertz CT molecular complexity index is 1490. The molecule has 9 nitrogen and oxygen atoms in total. The van der Waals surface area contributed by atoms with E-state index in [-0.39, 0.29) is 25.6 Å². The molecular formula is C30H29FN4O5S. The average Bonchev–Trinajstić information content (AvgIpc) is 2.96. The lowest BCUT2D eigenvalue weighted by molar-refractivity contribution is -0.139. The van der Waals surface area contributed by atoms with Gasteiger partial charge < -0.3 is 24.8 Å². The molecule has 1 atom stereocenters. The summed E-state index contributed by atoms with van der Waals surface area (Å²) in [7, 11) is 0. The standard InChI is InChI=1S/C30H29FN4O5S/c1-3-38-29(37)27-19(2)33-30(41)34-28(27)23-12-5-7-14-25(23)40-18-26(36)35-32-16-20-9-8-11-22(15-20)39-17-21-10-4-6-13-24(21)31/h4-16,28H,3,17-18H2,1-2H3,(H,35,36)(H2,33,34,41)/t28-/m1/s1. The summed E-state index contributed by atoms with van der Waals surface area (Å²) in [4.78, 5) is 25.2. The molecule has 11 heteroatoms. The fraction of sp³-hybridized carbons (Fsp3) is 0.200. The van der Waals surface area contributed by atoms with Crippen molar-refractivity contribution in [2.75, 3.05) is 13.2 Å². The van der Waals surface area contributed by atoms with Crippen LogP contribution >= 0.6 is 12.2 Å². The van der Waals surface area contributed by atoms with Crippen LogP contribution in [0, 0.1) is 5.82 Å². The van der Waals surface area contributed by atoms with Gasteiger partial charge in [-0.3, -0.25) is 4.79 Å². The lowest BCUT2D eigenvalue weighted by Crippen LogP contribution is -2.45. The first-order chi connectivity index (χ1) is 19.9. The van der Waals surface area contributed by atoms with Crippen molar-refractivity contribution in [3.63, 3.8) is 0 Å². The third-order valence-corrected chi connectivity index (χ3v) is 6.19. The second-order valence-corrected chi connectivity index (χ2v) is 9.27. The molecule has 0 saturated heterocycles. The Labute approximate surface area is 242 Å². The maximum Gasteiger partial charge on any atom is 0.338 e. The number of hydrogen-bond donors (Lipinski definition) is 3. The lowest BCUT2D eigenvalue weighted by atomic mass is 9.95. The highest BCUT2D eigenvalue weighted by Gasteiger charge is 2.32. The van der Waals surface area contributed by atoms with Crippen molar-refractivity contribution in [2.24, 2.45) is 5.10 Å². The van der Waals surface area contributed by atoms with Crippen molar-refractivity contribution in [1.29, 1.82) is 0 Å². The molecule has 3 N–H and O–H groups in total. The fourth-order valence-electron chi connectivity index (χ4n) is 4.07. The Morgan fingerprint density at radius 2 is 1.85 bits per heavy atom. The lowest BCUT2D eigenvalue weighted by Gasteiger charge is -2.30. The van der Waals surface area contributed by atoms with Gasteiger partial charge in [-0.25, -0.2) is 14.6 Å². The SMILES string of the molecule is CCOC(=O)C1=C(C)NC(=S)N[C@@H]1c1ccccc1OCC(=O)NN=Cc1cccc(OCc2ccccc2F)c1. The van der Waals surface area contributed by atoms with Crippen LogP contribution in [-0.4, -0.2) is 36.4 Å². The third kappa shape index (κ3) is 7.89. The highest BCUT2D eigenvalue weighted by molar-refractivity contribution is 7.80. The topological polar surface area (TPSA) is 110 Å². The van der Waals surface area contributed by atoms with Crippen LogP contribution in [0.1, 0.15) is 36.6 Å². The zero-order valence-electron chi connectivity index (χ0n) is 22.5. The first-order valence-electron chi connectivity index (χ1n) is 12.8. The van der Waals surface area contributed by atoms with Crippen LogP contribution in [0.4, 0.5) is 4.39 Å². The minimum Gasteiger partial charge on any atom is -0.489 e. The van der Waals surface area contributed by atoms with E-state index in [1.165, 1.54) is 12.3 Å². The van der Waals surface area contributed by atoms with Crippen LogP contribution in [0.15, 0.2) is 89.2 Å². The minimum absolute atomic E-state index is 0.0815. The number of nitrogens with zero attached hydrogens (tertiary/aromatic N) is 1. The van der Waals surface area contributed by atoms with Gasteiger partial charge in [0.2, 0.25) is 0 Å². The smallest absolute Gasteiger partial charge is 0.338 e. The third-order valence-electron chi connectivity index (χ3n) is 5.97. The van der Waals surface area contributed by atoms with Crippen LogP contribution in [0.3, 0.4) is 0 Å². The molecular weight excluding hydrogens is 547 g/mol. The number of hydrogen-bond acceptors (Lipinski definition) is 7. The molecule has 4 rings (SSSR count). The van der Waals surface area contributed by atoms with E-state index >= 15 is 0 Å². The van der Waals surface area contributed by atoms with Crippen LogP contribution in [-0.2, 0) is 20.9 Å². The van der Waals surface area contributed by atoms with Crippen LogP contribution < -0.4 is 25.5 Å². The van der Waals surface area contributed by atoms with Crippen LogP contribution in [0.25, 0.3) is 0 Å². The summed E-state index contributed by atoms with van der Waals surface area (Å²) < 4.78 is 30.5. The van der Waals surface area contributed by atoms with Gasteiger partial charge in [0, 0.05) is 16.8 Å². The number of thiocarbonyl (C=S) groups is 1. The molecule has 1 aliphatic heterocycles. The van der Waals surface area contributed by atoms with E-state index in [0.717, 1.165) is 0 Å². The van der Waals surface area contributed by atoms with E-state index in [9.17, 15) is 14.0 Å². The van der Waals surface area contributed by atoms with Gasteiger partial charge in [-0.1, -0.05) is 48.5 Å². The van der Waals surface area contributed by atoms with Gasteiger partial charge in [0.05, 0.1) is 24.4 Å². The van der Waals surface area contributed by atoms with E-state index in [1.54, 1.807) is 80.6 Å². The summed E-state index contributed by atoms with van der Waals surface area (Å²) in [6.07, 6.45) is 1.46. The van der Waals surface area contributed by atoms with Crippen LogP contribution in [0.2, 0.25) is 0 Å². The molecule has 1 aliphatic rings. The number of ether oxygens (including phenoxy) is 3. The van der Waals surface area contributed by atoms with Crippen molar-refractivity contribution in [2.45, 2.75) is 26.5 Å². The molecule has 3 aromatic rings. The number of para-hydroxylation sites is 1. The Morgan fingerprint density at radius 1 is 1.07 bits per heavy atom. The number of allylic oxidation sites excluding steroid dienone is 1. The Kier molecular flexibility index (Phi) is 10.0.